The zero-order chi connectivity index (χ0) is 12.4. The van der Waals surface area contributed by atoms with Crippen LogP contribution in [0.25, 0.3) is 0 Å². The van der Waals surface area contributed by atoms with Crippen molar-refractivity contribution in [2.24, 2.45) is 5.41 Å². The highest BCUT2D eigenvalue weighted by Gasteiger charge is 2.36. The summed E-state index contributed by atoms with van der Waals surface area (Å²) in [4.78, 5) is 21.8. The van der Waals surface area contributed by atoms with Gasteiger partial charge in [0.25, 0.3) is 0 Å². The van der Waals surface area contributed by atoms with Crippen molar-refractivity contribution in [3.05, 3.63) is 24.8 Å². The van der Waals surface area contributed by atoms with Crippen LogP contribution in [0.3, 0.4) is 0 Å². The van der Waals surface area contributed by atoms with E-state index in [9.17, 15) is 9.59 Å². The van der Waals surface area contributed by atoms with Crippen molar-refractivity contribution >= 4 is 12.3 Å². The zero-order valence-electron chi connectivity index (χ0n) is 9.31. The van der Waals surface area contributed by atoms with Crippen molar-refractivity contribution in [2.75, 3.05) is 7.11 Å². The molecule has 4 heteroatoms. The number of carbonyl (C=O) groups excluding carboxylic acids is 2. The van der Waals surface area contributed by atoms with Crippen LogP contribution in [0, 0.1) is 16.7 Å². The van der Waals surface area contributed by atoms with E-state index in [-0.39, 0.29) is 12.8 Å². The average molecular weight is 221 g/mol. The Kier molecular flexibility index (Phi) is 6.53. The molecule has 0 aromatic heterocycles. The van der Waals surface area contributed by atoms with Gasteiger partial charge in [-0.3, -0.25) is 0 Å². The molecule has 0 aromatic carbocycles. The van der Waals surface area contributed by atoms with Crippen molar-refractivity contribution in [1.82, 2.24) is 0 Å². The summed E-state index contributed by atoms with van der Waals surface area (Å²) in [6.07, 6.45) is 6.30. The van der Waals surface area contributed by atoms with Crippen molar-refractivity contribution in [2.45, 2.75) is 19.3 Å². The molecule has 0 aliphatic heterocycles. The van der Waals surface area contributed by atoms with Gasteiger partial charge in [-0.1, -0.05) is 18.2 Å². The van der Waals surface area contributed by atoms with E-state index in [2.05, 4.69) is 11.3 Å². The highest BCUT2D eigenvalue weighted by Crippen LogP contribution is 2.26. The minimum atomic E-state index is -1.36. The normalized spacial score (nSPS) is 13.8. The summed E-state index contributed by atoms with van der Waals surface area (Å²) < 4.78 is 4.58. The van der Waals surface area contributed by atoms with Crippen molar-refractivity contribution in [3.8, 4) is 6.07 Å². The Morgan fingerprint density at radius 3 is 2.75 bits per heavy atom. The molecule has 0 amide bonds. The molecule has 1 atom stereocenters. The summed E-state index contributed by atoms with van der Waals surface area (Å²) >= 11 is 0. The summed E-state index contributed by atoms with van der Waals surface area (Å²) in [6.45, 7) is 3.53. The highest BCUT2D eigenvalue weighted by atomic mass is 16.5. The van der Waals surface area contributed by atoms with Crippen molar-refractivity contribution < 1.29 is 14.3 Å². The number of methoxy groups -OCH3 is 1. The lowest BCUT2D eigenvalue weighted by Crippen LogP contribution is -2.29. The molecule has 0 spiro atoms. The quantitative estimate of drug-likeness (QED) is 0.373. The van der Waals surface area contributed by atoms with Gasteiger partial charge in [-0.05, 0) is 12.8 Å². The number of hydrogen-bond donors (Lipinski definition) is 0. The molecule has 0 saturated heterocycles. The van der Waals surface area contributed by atoms with Crippen LogP contribution in [0.1, 0.15) is 19.3 Å². The van der Waals surface area contributed by atoms with Gasteiger partial charge >= 0.3 is 5.97 Å². The number of allylic oxidation sites excluding steroid dienone is 2. The Labute approximate surface area is 95.2 Å². The molecule has 0 aliphatic carbocycles. The predicted molar refractivity (Wildman–Crippen MR) is 59.3 cm³/mol. The molecule has 0 bridgehead atoms. The first kappa shape index (κ1) is 14.1. The van der Waals surface area contributed by atoms with Crippen LogP contribution in [0.15, 0.2) is 24.8 Å². The molecule has 0 heterocycles. The van der Waals surface area contributed by atoms with Crippen molar-refractivity contribution in [3.63, 3.8) is 0 Å². The Morgan fingerprint density at radius 2 is 2.31 bits per heavy atom. The maximum Gasteiger partial charge on any atom is 0.330 e. The van der Waals surface area contributed by atoms with E-state index in [0.717, 1.165) is 0 Å². The molecule has 0 saturated carbocycles. The standard InChI is InChI=1S/C12H15NO3/c1-3-4-5-7-12(10-13,8-6-9-14)11(15)16-2/h3,5,7,9H,1,4,6,8H2,2H3/b7-5+. The number of rotatable bonds is 7. The summed E-state index contributed by atoms with van der Waals surface area (Å²) in [7, 11) is 1.22. The molecule has 0 aliphatic rings. The number of esters is 1. The number of ether oxygens (including phenoxy) is 1. The minimum Gasteiger partial charge on any atom is -0.468 e. The first-order chi connectivity index (χ1) is 7.66. The summed E-state index contributed by atoms with van der Waals surface area (Å²) in [5.41, 5.74) is -1.36. The van der Waals surface area contributed by atoms with Gasteiger partial charge in [0.15, 0.2) is 5.41 Å². The summed E-state index contributed by atoms with van der Waals surface area (Å²) in [5, 5.41) is 9.06. The van der Waals surface area contributed by atoms with E-state index < -0.39 is 11.4 Å². The van der Waals surface area contributed by atoms with Gasteiger partial charge in [0.1, 0.15) is 6.29 Å². The number of nitrogens with zero attached hydrogens (tertiary/aromatic N) is 1. The SMILES string of the molecule is C=CC/C=C/C(C#N)(CCC=O)C(=O)OC. The Bertz CT molecular complexity index is 328. The third kappa shape index (κ3) is 3.70. The fraction of sp³-hybridized carbons (Fsp3) is 0.417. The second-order valence-corrected chi connectivity index (χ2v) is 3.21. The molecule has 0 fully saturated rings. The van der Waals surface area contributed by atoms with Gasteiger partial charge in [-0.25, -0.2) is 4.79 Å². The van der Waals surface area contributed by atoms with Crippen LogP contribution in [-0.2, 0) is 14.3 Å². The van der Waals surface area contributed by atoms with Gasteiger partial charge in [0.05, 0.1) is 13.2 Å². The molecule has 0 rings (SSSR count). The van der Waals surface area contributed by atoms with E-state index in [4.69, 9.17) is 5.26 Å². The first-order valence-electron chi connectivity index (χ1n) is 4.88. The molecule has 1 unspecified atom stereocenters. The molecule has 16 heavy (non-hydrogen) atoms. The third-order valence-electron chi connectivity index (χ3n) is 2.11. The van der Waals surface area contributed by atoms with Crippen molar-refractivity contribution in [1.29, 1.82) is 5.26 Å². The Balaban J connectivity index is 4.96. The average Bonchev–Trinajstić information content (AvgIpc) is 2.33. The number of hydrogen-bond acceptors (Lipinski definition) is 4. The van der Waals surface area contributed by atoms with Crippen LogP contribution in [-0.4, -0.2) is 19.4 Å². The number of carbonyl (C=O) groups is 2. The first-order valence-corrected chi connectivity index (χ1v) is 4.88. The predicted octanol–water partition coefficient (Wildman–Crippen LogP) is 1.78. The van der Waals surface area contributed by atoms with Crippen LogP contribution >= 0.6 is 0 Å². The lowest BCUT2D eigenvalue weighted by atomic mass is 9.84. The Hall–Kier alpha value is -1.89. The summed E-state index contributed by atoms with van der Waals surface area (Å²) in [5.74, 6) is -0.642. The van der Waals surface area contributed by atoms with Crippen LogP contribution in [0.4, 0.5) is 0 Å². The smallest absolute Gasteiger partial charge is 0.330 e. The van der Waals surface area contributed by atoms with Gasteiger partial charge in [-0.2, -0.15) is 5.26 Å². The monoisotopic (exact) mass is 221 g/mol. The second kappa shape index (κ2) is 7.41. The van der Waals surface area contributed by atoms with E-state index in [1.807, 2.05) is 6.07 Å². The van der Waals surface area contributed by atoms with Gasteiger partial charge in [-0.15, -0.1) is 6.58 Å². The van der Waals surface area contributed by atoms with Crippen LogP contribution in [0.2, 0.25) is 0 Å². The zero-order valence-corrected chi connectivity index (χ0v) is 9.31. The third-order valence-corrected chi connectivity index (χ3v) is 2.11. The van der Waals surface area contributed by atoms with E-state index >= 15 is 0 Å². The van der Waals surface area contributed by atoms with E-state index in [1.165, 1.54) is 13.2 Å². The number of aldehydes is 1. The van der Waals surface area contributed by atoms with E-state index in [0.29, 0.717) is 12.7 Å². The molecule has 0 aromatic rings. The molecule has 4 nitrogen and oxygen atoms in total. The minimum absolute atomic E-state index is 0.132. The lowest BCUT2D eigenvalue weighted by molar-refractivity contribution is -0.147. The number of nitriles is 1. The van der Waals surface area contributed by atoms with Crippen LogP contribution < -0.4 is 0 Å². The fourth-order valence-corrected chi connectivity index (χ4v) is 1.23. The molecular weight excluding hydrogens is 206 g/mol. The molecule has 0 radical (unpaired) electrons. The molecule has 0 N–H and O–H groups in total. The molecular formula is C12H15NO3. The lowest BCUT2D eigenvalue weighted by Gasteiger charge is -2.18. The second-order valence-electron chi connectivity index (χ2n) is 3.21. The fourth-order valence-electron chi connectivity index (χ4n) is 1.23. The van der Waals surface area contributed by atoms with Gasteiger partial charge < -0.3 is 9.53 Å². The van der Waals surface area contributed by atoms with Gasteiger partial charge in [0.2, 0.25) is 0 Å². The Morgan fingerprint density at radius 1 is 1.62 bits per heavy atom. The topological polar surface area (TPSA) is 67.2 Å². The van der Waals surface area contributed by atoms with E-state index in [1.54, 1.807) is 12.2 Å². The largest absolute Gasteiger partial charge is 0.468 e. The van der Waals surface area contributed by atoms with Crippen LogP contribution in [0.5, 0.6) is 0 Å². The highest BCUT2D eigenvalue weighted by molar-refractivity contribution is 5.82. The summed E-state index contributed by atoms with van der Waals surface area (Å²) in [6, 6.07) is 1.91. The van der Waals surface area contributed by atoms with Gasteiger partial charge in [0, 0.05) is 6.42 Å². The maximum absolute atomic E-state index is 11.5. The molecule has 86 valence electrons. The maximum atomic E-state index is 11.5.